The Morgan fingerprint density at radius 1 is 1.06 bits per heavy atom. The van der Waals surface area contributed by atoms with E-state index in [1.807, 2.05) is 6.92 Å². The first kappa shape index (κ1) is 23.3. The molecule has 0 aliphatic carbocycles. The summed E-state index contributed by atoms with van der Waals surface area (Å²) in [5.41, 5.74) is 3.21. The molecular formula is C23H24F3N3O3. The van der Waals surface area contributed by atoms with E-state index in [1.165, 1.54) is 6.07 Å². The molecule has 0 unspecified atom stereocenters. The van der Waals surface area contributed by atoms with E-state index in [9.17, 15) is 22.8 Å². The molecule has 3 aromatic rings. The van der Waals surface area contributed by atoms with Gasteiger partial charge in [0.1, 0.15) is 0 Å². The van der Waals surface area contributed by atoms with E-state index < -0.39 is 30.1 Å². The lowest BCUT2D eigenvalue weighted by molar-refractivity contribution is -0.141. The highest BCUT2D eigenvalue weighted by Gasteiger charge is 2.31. The minimum atomic E-state index is -4.47. The van der Waals surface area contributed by atoms with Crippen molar-refractivity contribution in [1.82, 2.24) is 14.3 Å². The Kier molecular flexibility index (Phi) is 6.29. The Morgan fingerprint density at radius 2 is 1.75 bits per heavy atom. The summed E-state index contributed by atoms with van der Waals surface area (Å²) in [4.78, 5) is 24.9. The van der Waals surface area contributed by atoms with Crippen LogP contribution in [-0.4, -0.2) is 32.7 Å². The summed E-state index contributed by atoms with van der Waals surface area (Å²) in [6, 6.07) is 6.48. The number of alkyl halides is 3. The smallest absolute Gasteiger partial charge is 0.416 e. The average Bonchev–Trinajstić information content (AvgIpc) is 3.14. The number of esters is 1. The van der Waals surface area contributed by atoms with Crippen molar-refractivity contribution >= 4 is 11.8 Å². The van der Waals surface area contributed by atoms with Gasteiger partial charge in [-0.05, 0) is 52.0 Å². The predicted octanol–water partition coefficient (Wildman–Crippen LogP) is 4.43. The predicted molar refractivity (Wildman–Crippen MR) is 112 cm³/mol. The molecule has 3 rings (SSSR count). The molecular weight excluding hydrogens is 423 g/mol. The summed E-state index contributed by atoms with van der Waals surface area (Å²) in [6.45, 7) is 6.53. The maximum atomic E-state index is 13.1. The highest BCUT2D eigenvalue weighted by atomic mass is 19.4. The first-order valence-electron chi connectivity index (χ1n) is 9.94. The number of carbonyl (C=O) groups excluding carboxylic acids is 2. The Morgan fingerprint density at radius 3 is 2.34 bits per heavy atom. The fourth-order valence-corrected chi connectivity index (χ4v) is 3.76. The van der Waals surface area contributed by atoms with Gasteiger partial charge in [0.2, 0.25) is 5.78 Å². The maximum Gasteiger partial charge on any atom is 0.416 e. The number of rotatable bonds is 6. The molecule has 0 amide bonds. The van der Waals surface area contributed by atoms with Crippen LogP contribution in [-0.2, 0) is 29.2 Å². The van der Waals surface area contributed by atoms with Crippen molar-refractivity contribution in [2.75, 3.05) is 6.61 Å². The molecule has 0 aliphatic heterocycles. The van der Waals surface area contributed by atoms with Crippen molar-refractivity contribution in [3.05, 3.63) is 69.8 Å². The van der Waals surface area contributed by atoms with E-state index in [-0.39, 0.29) is 6.42 Å². The van der Waals surface area contributed by atoms with Crippen molar-refractivity contribution in [2.45, 2.75) is 40.3 Å². The number of aromatic nitrogens is 3. The van der Waals surface area contributed by atoms with Crippen LogP contribution in [0.2, 0.25) is 0 Å². The Bertz CT molecular complexity index is 1190. The summed E-state index contributed by atoms with van der Waals surface area (Å²) in [5.74, 6) is -0.978. The van der Waals surface area contributed by atoms with Crippen LogP contribution >= 0.6 is 0 Å². The van der Waals surface area contributed by atoms with Gasteiger partial charge in [-0.25, -0.2) is 0 Å². The molecule has 9 heteroatoms. The van der Waals surface area contributed by atoms with E-state index in [1.54, 1.807) is 49.2 Å². The second-order valence-corrected chi connectivity index (χ2v) is 7.70. The van der Waals surface area contributed by atoms with Crippen molar-refractivity contribution in [3.8, 4) is 5.69 Å². The van der Waals surface area contributed by atoms with Gasteiger partial charge in [0.25, 0.3) is 0 Å². The molecule has 6 nitrogen and oxygen atoms in total. The number of halogens is 3. The molecule has 170 valence electrons. The minimum Gasteiger partial charge on any atom is -0.457 e. The summed E-state index contributed by atoms with van der Waals surface area (Å²) in [6.07, 6.45) is -4.47. The van der Waals surface area contributed by atoms with Gasteiger partial charge in [-0.15, -0.1) is 0 Å². The first-order chi connectivity index (χ1) is 14.9. The lowest BCUT2D eigenvalue weighted by atomic mass is 10.1. The van der Waals surface area contributed by atoms with Crippen molar-refractivity contribution < 1.29 is 27.5 Å². The molecule has 2 heterocycles. The standard InChI is InChI=1S/C23H24F3N3O3/c1-13-9-20(16(4)29(13)18-8-6-7-17(10-18)23(24,25)26)21(30)12-32-22(31)11-19-14(2)27-28(5)15(19)3/h6-10H,11-12H2,1-5H3. The summed E-state index contributed by atoms with van der Waals surface area (Å²) < 4.78 is 47.7. The van der Waals surface area contributed by atoms with Crippen molar-refractivity contribution in [1.29, 1.82) is 0 Å². The number of ketones is 1. The molecule has 0 spiro atoms. The van der Waals surface area contributed by atoms with Gasteiger partial charge in [0, 0.05) is 40.9 Å². The molecule has 0 saturated heterocycles. The van der Waals surface area contributed by atoms with Gasteiger partial charge in [0.15, 0.2) is 6.61 Å². The number of carbonyl (C=O) groups is 2. The lowest BCUT2D eigenvalue weighted by Gasteiger charge is -2.13. The van der Waals surface area contributed by atoms with Crippen LogP contribution in [0.4, 0.5) is 13.2 Å². The zero-order valence-corrected chi connectivity index (χ0v) is 18.5. The highest BCUT2D eigenvalue weighted by Crippen LogP contribution is 2.31. The molecule has 0 fully saturated rings. The fraction of sp³-hybridized carbons (Fsp3) is 0.348. The van der Waals surface area contributed by atoms with E-state index in [0.717, 1.165) is 29.1 Å². The van der Waals surface area contributed by atoms with E-state index >= 15 is 0 Å². The zero-order valence-electron chi connectivity index (χ0n) is 18.5. The lowest BCUT2D eigenvalue weighted by Crippen LogP contribution is -2.17. The number of nitrogens with zero attached hydrogens (tertiary/aromatic N) is 3. The Hall–Kier alpha value is -3.36. The number of benzene rings is 1. The summed E-state index contributed by atoms with van der Waals surface area (Å²) in [5, 5.41) is 4.25. The molecule has 32 heavy (non-hydrogen) atoms. The average molecular weight is 447 g/mol. The van der Waals surface area contributed by atoms with E-state index in [0.29, 0.717) is 22.6 Å². The molecule has 0 aliphatic rings. The molecule has 0 bridgehead atoms. The van der Waals surface area contributed by atoms with Gasteiger partial charge in [-0.3, -0.25) is 14.3 Å². The molecule has 1 aromatic carbocycles. The van der Waals surface area contributed by atoms with Crippen LogP contribution in [0.15, 0.2) is 30.3 Å². The van der Waals surface area contributed by atoms with Gasteiger partial charge in [0.05, 0.1) is 17.7 Å². The topological polar surface area (TPSA) is 66.1 Å². The van der Waals surface area contributed by atoms with Gasteiger partial charge >= 0.3 is 12.1 Å². The Labute approximate surface area is 183 Å². The molecule has 0 N–H and O–H groups in total. The zero-order chi connectivity index (χ0) is 23.8. The third kappa shape index (κ3) is 4.61. The van der Waals surface area contributed by atoms with Crippen molar-refractivity contribution in [2.24, 2.45) is 7.05 Å². The SMILES string of the molecule is Cc1nn(C)c(C)c1CC(=O)OCC(=O)c1cc(C)n(-c2cccc(C(F)(F)F)c2)c1C. The molecule has 0 atom stereocenters. The Balaban J connectivity index is 1.75. The van der Waals surface area contributed by atoms with E-state index in [4.69, 9.17) is 4.74 Å². The number of Topliss-reactive ketones (excluding diaryl/α,β-unsaturated/α-hetero) is 1. The monoisotopic (exact) mass is 447 g/mol. The minimum absolute atomic E-state index is 0.00203. The number of ether oxygens (including phenoxy) is 1. The number of hydrogen-bond donors (Lipinski definition) is 0. The summed E-state index contributed by atoms with van der Waals surface area (Å²) in [7, 11) is 1.78. The van der Waals surface area contributed by atoms with Crippen LogP contribution in [0.25, 0.3) is 5.69 Å². The normalized spacial score (nSPS) is 11.6. The van der Waals surface area contributed by atoms with Crippen LogP contribution in [0.3, 0.4) is 0 Å². The van der Waals surface area contributed by atoms with Crippen LogP contribution in [0.1, 0.15) is 44.3 Å². The van der Waals surface area contributed by atoms with E-state index in [2.05, 4.69) is 5.10 Å². The second-order valence-electron chi connectivity index (χ2n) is 7.70. The molecule has 0 saturated carbocycles. The van der Waals surface area contributed by atoms with Crippen LogP contribution in [0.5, 0.6) is 0 Å². The maximum absolute atomic E-state index is 13.1. The summed E-state index contributed by atoms with van der Waals surface area (Å²) >= 11 is 0. The van der Waals surface area contributed by atoms with Crippen LogP contribution in [0, 0.1) is 27.7 Å². The fourth-order valence-electron chi connectivity index (χ4n) is 3.76. The third-order valence-electron chi connectivity index (χ3n) is 5.51. The highest BCUT2D eigenvalue weighted by molar-refractivity contribution is 5.99. The molecule has 2 aromatic heterocycles. The van der Waals surface area contributed by atoms with Gasteiger partial charge < -0.3 is 9.30 Å². The van der Waals surface area contributed by atoms with Crippen LogP contribution < -0.4 is 0 Å². The largest absolute Gasteiger partial charge is 0.457 e. The first-order valence-corrected chi connectivity index (χ1v) is 9.94. The van der Waals surface area contributed by atoms with Crippen molar-refractivity contribution in [3.63, 3.8) is 0 Å². The quantitative estimate of drug-likeness (QED) is 0.414. The number of hydrogen-bond acceptors (Lipinski definition) is 4. The molecule has 0 radical (unpaired) electrons. The second kappa shape index (κ2) is 8.64. The van der Waals surface area contributed by atoms with Gasteiger partial charge in [-0.2, -0.15) is 18.3 Å². The third-order valence-corrected chi connectivity index (χ3v) is 5.51. The van der Waals surface area contributed by atoms with Gasteiger partial charge in [-0.1, -0.05) is 6.07 Å². The number of aryl methyl sites for hydroxylation is 3.